The maximum atomic E-state index is 2.43. The van der Waals surface area contributed by atoms with Gasteiger partial charge in [0.25, 0.3) is 0 Å². The predicted molar refractivity (Wildman–Crippen MR) is 87.5 cm³/mol. The number of aryl methyl sites for hydroxylation is 3. The summed E-state index contributed by atoms with van der Waals surface area (Å²) >= 11 is 0. The van der Waals surface area contributed by atoms with Gasteiger partial charge in [-0.1, -0.05) is 29.8 Å². The molecule has 4 rings (SSSR count). The minimum absolute atomic E-state index is 1.06. The Balaban J connectivity index is 1.91. The molecule has 0 saturated carbocycles. The van der Waals surface area contributed by atoms with Crippen LogP contribution in [0, 0.1) is 20.8 Å². The van der Waals surface area contributed by atoms with E-state index in [-0.39, 0.29) is 0 Å². The zero-order valence-corrected chi connectivity index (χ0v) is 12.9. The fraction of sp³-hybridized carbons (Fsp3) is 0.263. The van der Waals surface area contributed by atoms with Crippen LogP contribution >= 0.6 is 0 Å². The minimum atomic E-state index is 1.06. The summed E-state index contributed by atoms with van der Waals surface area (Å²) in [6.45, 7) is 8.71. The maximum Gasteiger partial charge on any atom is 0.0684 e. The van der Waals surface area contributed by atoms with Crippen molar-refractivity contribution in [3.05, 3.63) is 59.4 Å². The topological polar surface area (TPSA) is 9.86 Å². The molecule has 106 valence electrons. The molecule has 2 nitrogen and oxygen atoms in total. The summed E-state index contributed by atoms with van der Waals surface area (Å²) in [6, 6.07) is 13.3. The molecule has 1 aromatic carbocycles. The van der Waals surface area contributed by atoms with Gasteiger partial charge in [-0.05, 0) is 44.0 Å². The summed E-state index contributed by atoms with van der Waals surface area (Å²) in [5, 5.41) is 0. The third-order valence-corrected chi connectivity index (χ3v) is 4.70. The van der Waals surface area contributed by atoms with Crippen LogP contribution in [0.4, 0.5) is 0 Å². The van der Waals surface area contributed by atoms with Crippen molar-refractivity contribution in [3.8, 4) is 22.5 Å². The normalized spacial score (nSPS) is 13.1. The van der Waals surface area contributed by atoms with Crippen molar-refractivity contribution in [2.24, 2.45) is 0 Å². The average molecular weight is 276 g/mol. The van der Waals surface area contributed by atoms with Gasteiger partial charge in [0.05, 0.1) is 11.4 Å². The van der Waals surface area contributed by atoms with Gasteiger partial charge in [-0.25, -0.2) is 0 Å². The Labute approximate surface area is 125 Å². The van der Waals surface area contributed by atoms with Gasteiger partial charge in [0.1, 0.15) is 0 Å². The summed E-state index contributed by atoms with van der Waals surface area (Å²) < 4.78 is 4.85. The molecule has 3 heterocycles. The van der Waals surface area contributed by atoms with Gasteiger partial charge in [-0.2, -0.15) is 0 Å². The van der Waals surface area contributed by atoms with E-state index < -0.39 is 0 Å². The lowest BCUT2D eigenvalue weighted by Crippen LogP contribution is -2.16. The van der Waals surface area contributed by atoms with Crippen LogP contribution in [0.5, 0.6) is 0 Å². The summed E-state index contributed by atoms with van der Waals surface area (Å²) in [5.41, 5.74) is 9.46. The molecule has 21 heavy (non-hydrogen) atoms. The van der Waals surface area contributed by atoms with Gasteiger partial charge >= 0.3 is 0 Å². The molecular weight excluding hydrogens is 256 g/mol. The Bertz CT molecular complexity index is 816. The highest BCUT2D eigenvalue weighted by atomic mass is 15.1. The van der Waals surface area contributed by atoms with Crippen LogP contribution in [0.25, 0.3) is 22.5 Å². The van der Waals surface area contributed by atoms with Crippen molar-refractivity contribution in [2.45, 2.75) is 33.9 Å². The lowest BCUT2D eigenvalue weighted by Gasteiger charge is -2.21. The number of hydrogen-bond acceptors (Lipinski definition) is 0. The fourth-order valence-corrected chi connectivity index (χ4v) is 3.48. The van der Waals surface area contributed by atoms with E-state index in [2.05, 4.69) is 72.5 Å². The molecule has 0 fully saturated rings. The van der Waals surface area contributed by atoms with Crippen LogP contribution in [-0.4, -0.2) is 9.13 Å². The van der Waals surface area contributed by atoms with Crippen LogP contribution in [0.1, 0.15) is 16.8 Å². The highest BCUT2D eigenvalue weighted by Gasteiger charge is 2.22. The van der Waals surface area contributed by atoms with Crippen molar-refractivity contribution < 1.29 is 0 Å². The molecule has 0 bridgehead atoms. The van der Waals surface area contributed by atoms with E-state index in [1.54, 1.807) is 0 Å². The van der Waals surface area contributed by atoms with Crippen molar-refractivity contribution in [3.63, 3.8) is 0 Å². The van der Waals surface area contributed by atoms with Crippen molar-refractivity contribution in [2.75, 3.05) is 0 Å². The minimum Gasteiger partial charge on any atom is -0.344 e. The molecule has 0 amide bonds. The first-order valence-electron chi connectivity index (χ1n) is 7.58. The molecule has 3 aromatic rings. The summed E-state index contributed by atoms with van der Waals surface area (Å²) in [5.74, 6) is 0. The second kappa shape index (κ2) is 4.39. The zero-order chi connectivity index (χ0) is 14.6. The van der Waals surface area contributed by atoms with E-state index in [0.29, 0.717) is 0 Å². The zero-order valence-electron chi connectivity index (χ0n) is 12.9. The number of benzene rings is 1. The average Bonchev–Trinajstić information content (AvgIpc) is 3.01. The van der Waals surface area contributed by atoms with E-state index in [4.69, 9.17) is 0 Å². The predicted octanol–water partition coefficient (Wildman–Crippen LogP) is 4.56. The molecule has 2 heteroatoms. The first-order valence-corrected chi connectivity index (χ1v) is 7.58. The maximum absolute atomic E-state index is 2.43. The van der Waals surface area contributed by atoms with Crippen molar-refractivity contribution in [1.29, 1.82) is 0 Å². The van der Waals surface area contributed by atoms with E-state index in [9.17, 15) is 0 Å². The van der Waals surface area contributed by atoms with E-state index in [0.717, 1.165) is 13.1 Å². The second-order valence-electron chi connectivity index (χ2n) is 6.09. The third kappa shape index (κ3) is 1.79. The number of rotatable bonds is 1. The third-order valence-electron chi connectivity index (χ3n) is 4.70. The Kier molecular flexibility index (Phi) is 2.61. The smallest absolute Gasteiger partial charge is 0.0684 e. The lowest BCUT2D eigenvalue weighted by atomic mass is 10.0. The first-order chi connectivity index (χ1) is 10.1. The largest absolute Gasteiger partial charge is 0.344 e. The molecule has 0 unspecified atom stereocenters. The quantitative estimate of drug-likeness (QED) is 0.616. The molecule has 2 aromatic heterocycles. The standard InChI is InChI=1S/C19H20N2/c1-13-4-7-16(8-5-13)17-12-20-10-11-21-14(2)6-9-18(21)19(20)15(17)3/h4-9,12H,10-11H2,1-3H3. The fourth-order valence-electron chi connectivity index (χ4n) is 3.48. The molecule has 0 N–H and O–H groups in total. The monoisotopic (exact) mass is 276 g/mol. The SMILES string of the molecule is Cc1ccc(-c2cn3c(c2C)-c2ccc(C)n2CC3)cc1. The van der Waals surface area contributed by atoms with Crippen LogP contribution < -0.4 is 0 Å². The highest BCUT2D eigenvalue weighted by molar-refractivity contribution is 5.77. The second-order valence-corrected chi connectivity index (χ2v) is 6.09. The summed E-state index contributed by atoms with van der Waals surface area (Å²) in [4.78, 5) is 0. The lowest BCUT2D eigenvalue weighted by molar-refractivity contribution is 0.552. The molecule has 0 spiro atoms. The summed E-state index contributed by atoms with van der Waals surface area (Å²) in [7, 11) is 0. The van der Waals surface area contributed by atoms with Crippen LogP contribution in [0.2, 0.25) is 0 Å². The van der Waals surface area contributed by atoms with Gasteiger partial charge in [-0.3, -0.25) is 0 Å². The van der Waals surface area contributed by atoms with Gasteiger partial charge < -0.3 is 9.13 Å². The molecule has 0 saturated heterocycles. The number of aromatic nitrogens is 2. The van der Waals surface area contributed by atoms with Gasteiger partial charge in [0.15, 0.2) is 0 Å². The van der Waals surface area contributed by atoms with Crippen molar-refractivity contribution >= 4 is 0 Å². The Hall–Kier alpha value is -2.22. The van der Waals surface area contributed by atoms with E-state index >= 15 is 0 Å². The number of nitrogens with zero attached hydrogens (tertiary/aromatic N) is 2. The van der Waals surface area contributed by atoms with Crippen LogP contribution in [0.3, 0.4) is 0 Å². The Morgan fingerprint density at radius 3 is 2.38 bits per heavy atom. The van der Waals surface area contributed by atoms with Crippen LogP contribution in [0.15, 0.2) is 42.6 Å². The van der Waals surface area contributed by atoms with Crippen molar-refractivity contribution in [1.82, 2.24) is 9.13 Å². The summed E-state index contributed by atoms with van der Waals surface area (Å²) in [6.07, 6.45) is 2.32. The van der Waals surface area contributed by atoms with E-state index in [1.807, 2.05) is 0 Å². The van der Waals surface area contributed by atoms with Gasteiger partial charge in [-0.15, -0.1) is 0 Å². The van der Waals surface area contributed by atoms with Crippen LogP contribution in [-0.2, 0) is 13.1 Å². The number of fused-ring (bicyclic) bond motifs is 3. The first kappa shape index (κ1) is 12.5. The van der Waals surface area contributed by atoms with Gasteiger partial charge in [0.2, 0.25) is 0 Å². The van der Waals surface area contributed by atoms with E-state index in [1.165, 1.54) is 39.3 Å². The molecule has 0 radical (unpaired) electrons. The molecule has 1 aliphatic rings. The molecule has 0 aliphatic carbocycles. The molecule has 0 atom stereocenters. The highest BCUT2D eigenvalue weighted by Crippen LogP contribution is 2.37. The Morgan fingerprint density at radius 2 is 1.62 bits per heavy atom. The molecular formula is C19H20N2. The Morgan fingerprint density at radius 1 is 0.857 bits per heavy atom. The molecule has 1 aliphatic heterocycles. The number of hydrogen-bond donors (Lipinski definition) is 0. The van der Waals surface area contributed by atoms with Gasteiger partial charge in [0, 0.05) is 30.5 Å².